The lowest BCUT2D eigenvalue weighted by Gasteiger charge is -2.03. The lowest BCUT2D eigenvalue weighted by atomic mass is 11.9. The molecule has 0 rings (SSSR count). The predicted octanol–water partition coefficient (Wildman–Crippen LogP) is 0.192. The molecule has 0 aliphatic rings. The van der Waals surface area contributed by atoms with Crippen molar-refractivity contribution in [2.45, 2.75) is 0 Å². The van der Waals surface area contributed by atoms with Gasteiger partial charge in [0.1, 0.15) is 0 Å². The van der Waals surface area contributed by atoms with Crippen molar-refractivity contribution in [3.63, 3.8) is 0 Å². The van der Waals surface area contributed by atoms with Gasteiger partial charge in [-0.15, -0.1) is 0 Å². The number of hydrogen-bond acceptors (Lipinski definition) is 2. The first-order valence-electron chi connectivity index (χ1n) is 2.06. The minimum atomic E-state index is -2.94. The minimum absolute atomic E-state index is 0.526. The molecule has 50 valence electrons. The van der Waals surface area contributed by atoms with Crippen molar-refractivity contribution in [3.05, 3.63) is 0 Å². The average molecular weight is 155 g/mol. The molecule has 0 aliphatic carbocycles. The third-order valence-electron chi connectivity index (χ3n) is 0.348. The van der Waals surface area contributed by atoms with Crippen molar-refractivity contribution < 1.29 is 8.42 Å². The van der Waals surface area contributed by atoms with E-state index in [9.17, 15) is 8.42 Å². The van der Waals surface area contributed by atoms with E-state index >= 15 is 0 Å². The van der Waals surface area contributed by atoms with Crippen LogP contribution in [0.4, 0.5) is 0 Å². The smallest absolute Gasteiger partial charge is 0.212 e. The lowest BCUT2D eigenvalue weighted by molar-refractivity contribution is 0.600. The van der Waals surface area contributed by atoms with Crippen molar-refractivity contribution in [3.8, 4) is 0 Å². The summed E-state index contributed by atoms with van der Waals surface area (Å²) in [6.07, 6.45) is 1.16. The molecule has 0 aliphatic heterocycles. The van der Waals surface area contributed by atoms with Gasteiger partial charge in [0, 0.05) is 0 Å². The predicted molar refractivity (Wildman–Crippen MR) is 36.7 cm³/mol. The fourth-order valence-corrected chi connectivity index (χ4v) is 2.98. The van der Waals surface area contributed by atoms with Crippen molar-refractivity contribution in [2.24, 2.45) is 0 Å². The number of hydrogen-bond donors (Lipinski definition) is 1. The van der Waals surface area contributed by atoms with E-state index in [2.05, 4.69) is 4.49 Å². The van der Waals surface area contributed by atoms with E-state index in [1.54, 1.807) is 0 Å². The Morgan fingerprint density at radius 2 is 1.75 bits per heavy atom. The molecule has 0 spiro atoms. The summed E-state index contributed by atoms with van der Waals surface area (Å²) in [5.41, 5.74) is 0. The molecule has 0 radical (unpaired) electrons. The van der Waals surface area contributed by atoms with Gasteiger partial charge >= 0.3 is 0 Å². The Balaban J connectivity index is 3.75. The minimum Gasteiger partial charge on any atom is -0.212 e. The molecule has 1 N–H and O–H groups in total. The summed E-state index contributed by atoms with van der Waals surface area (Å²) in [6.45, 7) is 3.69. The van der Waals surface area contributed by atoms with Gasteiger partial charge in [-0.1, -0.05) is 0 Å². The highest BCUT2D eigenvalue weighted by molar-refractivity contribution is 7.94. The van der Waals surface area contributed by atoms with Crippen LogP contribution >= 0.6 is 8.07 Å². The molecule has 0 saturated heterocycles. The second-order valence-corrected chi connectivity index (χ2v) is 5.82. The maximum atomic E-state index is 10.3. The monoisotopic (exact) mass is 155 g/mol. The first-order chi connectivity index (χ1) is 3.42. The van der Waals surface area contributed by atoms with Crippen LogP contribution < -0.4 is 4.49 Å². The zero-order valence-electron chi connectivity index (χ0n) is 5.17. The van der Waals surface area contributed by atoms with E-state index in [0.717, 1.165) is 6.26 Å². The standard InChI is InChI=1S/C3H10NO2PS/c1-7(2)4-8(3,5)6/h4H,1-3H3. The second-order valence-electron chi connectivity index (χ2n) is 1.76. The number of sulfonamides is 1. The Labute approximate surface area is 51.3 Å². The normalized spacial score (nSPS) is 12.5. The molecule has 8 heavy (non-hydrogen) atoms. The summed E-state index contributed by atoms with van der Waals surface area (Å²) in [7, 11) is -3.47. The third-order valence-corrected chi connectivity index (χ3v) is 3.14. The van der Waals surface area contributed by atoms with Gasteiger partial charge in [0.2, 0.25) is 10.0 Å². The van der Waals surface area contributed by atoms with Crippen molar-refractivity contribution in [1.82, 2.24) is 4.49 Å². The van der Waals surface area contributed by atoms with Crippen LogP contribution in [0.2, 0.25) is 0 Å². The van der Waals surface area contributed by atoms with Crippen molar-refractivity contribution in [1.29, 1.82) is 0 Å². The van der Waals surface area contributed by atoms with E-state index in [1.807, 2.05) is 13.3 Å². The molecule has 0 aromatic carbocycles. The number of rotatable bonds is 2. The molecule has 5 heteroatoms. The van der Waals surface area contributed by atoms with Crippen LogP contribution in [0.1, 0.15) is 0 Å². The summed E-state index contributed by atoms with van der Waals surface area (Å²) < 4.78 is 23.1. The van der Waals surface area contributed by atoms with E-state index in [4.69, 9.17) is 0 Å². The van der Waals surface area contributed by atoms with Gasteiger partial charge in [-0.05, 0) is 21.4 Å². The maximum absolute atomic E-state index is 10.3. The molecule has 0 saturated carbocycles. The van der Waals surface area contributed by atoms with E-state index in [1.165, 1.54) is 0 Å². The fraction of sp³-hybridized carbons (Fsp3) is 1.00. The Bertz CT molecular complexity index is 151. The van der Waals surface area contributed by atoms with Crippen LogP contribution in [0.3, 0.4) is 0 Å². The summed E-state index contributed by atoms with van der Waals surface area (Å²) in [6, 6.07) is 0. The van der Waals surface area contributed by atoms with Crippen molar-refractivity contribution in [2.75, 3.05) is 19.6 Å². The van der Waals surface area contributed by atoms with Gasteiger partial charge in [-0.25, -0.2) is 8.42 Å². The van der Waals surface area contributed by atoms with E-state index < -0.39 is 18.1 Å². The highest BCUT2D eigenvalue weighted by Crippen LogP contribution is 2.17. The van der Waals surface area contributed by atoms with Crippen molar-refractivity contribution >= 4 is 18.1 Å². The fourth-order valence-electron chi connectivity index (χ4n) is 0.332. The Kier molecular flexibility index (Phi) is 2.88. The van der Waals surface area contributed by atoms with Crippen LogP contribution in [-0.2, 0) is 10.0 Å². The zero-order valence-corrected chi connectivity index (χ0v) is 6.88. The highest BCUT2D eigenvalue weighted by Gasteiger charge is 2.00. The van der Waals surface area contributed by atoms with Crippen LogP contribution in [0.15, 0.2) is 0 Å². The Hall–Kier alpha value is 0.340. The van der Waals surface area contributed by atoms with Crippen LogP contribution in [0.25, 0.3) is 0 Å². The topological polar surface area (TPSA) is 46.2 Å². The van der Waals surface area contributed by atoms with Crippen LogP contribution in [-0.4, -0.2) is 28.0 Å². The molecule has 3 nitrogen and oxygen atoms in total. The van der Waals surface area contributed by atoms with Gasteiger partial charge in [-0.2, -0.15) is 4.49 Å². The average Bonchev–Trinajstić information content (AvgIpc) is 1.21. The Morgan fingerprint density at radius 3 is 1.75 bits per heavy atom. The third kappa shape index (κ3) is 6.34. The first-order valence-corrected chi connectivity index (χ1v) is 6.19. The molecule has 0 aromatic heterocycles. The van der Waals surface area contributed by atoms with Gasteiger partial charge in [-0.3, -0.25) is 0 Å². The molecule has 0 fully saturated rings. The number of nitrogens with one attached hydrogen (secondary N) is 1. The second kappa shape index (κ2) is 2.76. The van der Waals surface area contributed by atoms with E-state index in [-0.39, 0.29) is 0 Å². The molecule has 0 aromatic rings. The van der Waals surface area contributed by atoms with Gasteiger partial charge in [0.05, 0.1) is 6.26 Å². The zero-order chi connectivity index (χ0) is 6.78. The highest BCUT2D eigenvalue weighted by atomic mass is 32.2. The molecule has 0 atom stereocenters. The van der Waals surface area contributed by atoms with Gasteiger partial charge in [0.15, 0.2) is 0 Å². The molecule has 0 amide bonds. The molecule has 0 unspecified atom stereocenters. The molecule has 0 bridgehead atoms. The quantitative estimate of drug-likeness (QED) is 0.579. The molecular weight excluding hydrogens is 145 g/mol. The van der Waals surface area contributed by atoms with Crippen LogP contribution in [0.5, 0.6) is 0 Å². The van der Waals surface area contributed by atoms with Gasteiger partial charge < -0.3 is 0 Å². The Morgan fingerprint density at radius 1 is 1.38 bits per heavy atom. The molecular formula is C3H10NO2PS. The molecule has 0 heterocycles. The maximum Gasteiger partial charge on any atom is 0.212 e. The van der Waals surface area contributed by atoms with E-state index in [0.29, 0.717) is 0 Å². The lowest BCUT2D eigenvalue weighted by Crippen LogP contribution is -2.14. The largest absolute Gasteiger partial charge is 0.212 e. The first kappa shape index (κ1) is 8.34. The summed E-state index contributed by atoms with van der Waals surface area (Å²) >= 11 is 0. The van der Waals surface area contributed by atoms with Gasteiger partial charge in [0.25, 0.3) is 0 Å². The van der Waals surface area contributed by atoms with Crippen LogP contribution in [0, 0.1) is 0 Å². The SMILES string of the molecule is CP(C)NS(C)(=O)=O. The summed E-state index contributed by atoms with van der Waals surface area (Å²) in [5, 5.41) is 0. The summed E-state index contributed by atoms with van der Waals surface area (Å²) in [4.78, 5) is 0. The summed E-state index contributed by atoms with van der Waals surface area (Å²) in [5.74, 6) is 0.